The normalized spacial score (nSPS) is 17.3. The fourth-order valence-electron chi connectivity index (χ4n) is 2.12. The quantitative estimate of drug-likeness (QED) is 0.813. The van der Waals surface area contributed by atoms with Gasteiger partial charge in [0, 0.05) is 12.2 Å². The Morgan fingerprint density at radius 3 is 2.76 bits per heavy atom. The Labute approximate surface area is 106 Å². The molecule has 1 aliphatic rings. The number of carbonyl (C=O) groups is 1. The molecular weight excluding hydrogens is 236 g/mol. The Bertz CT molecular complexity index is 421. The molecule has 4 heteroatoms. The summed E-state index contributed by atoms with van der Waals surface area (Å²) in [7, 11) is 0. The molecule has 1 fully saturated rings. The number of carbonyl (C=O) groups excluding carboxylic acids is 1. The molecule has 0 radical (unpaired) electrons. The maximum atomic E-state index is 12.0. The molecule has 0 spiro atoms. The van der Waals surface area contributed by atoms with E-state index in [0.717, 1.165) is 0 Å². The van der Waals surface area contributed by atoms with Crippen LogP contribution in [-0.4, -0.2) is 12.5 Å². The number of nitrogens with two attached hydrogens (primary N) is 1. The topological polar surface area (TPSA) is 55.1 Å². The number of amides is 1. The predicted octanol–water partition coefficient (Wildman–Crippen LogP) is 2.84. The molecule has 1 amide bonds. The van der Waals surface area contributed by atoms with Gasteiger partial charge >= 0.3 is 0 Å². The van der Waals surface area contributed by atoms with Crippen LogP contribution in [0.15, 0.2) is 18.2 Å². The van der Waals surface area contributed by atoms with E-state index < -0.39 is 0 Å². The number of nitrogens with one attached hydrogen (secondary N) is 1. The van der Waals surface area contributed by atoms with Crippen molar-refractivity contribution < 1.29 is 4.79 Å². The largest absolute Gasteiger partial charge is 0.398 e. The molecule has 1 aliphatic carbocycles. The second-order valence-corrected chi connectivity index (χ2v) is 5.46. The summed E-state index contributed by atoms with van der Waals surface area (Å²) < 4.78 is 0. The molecule has 3 N–H and O–H groups in total. The summed E-state index contributed by atoms with van der Waals surface area (Å²) in [5.41, 5.74) is 6.83. The predicted molar refractivity (Wildman–Crippen MR) is 70.2 cm³/mol. The van der Waals surface area contributed by atoms with Crippen LogP contribution in [0, 0.1) is 5.41 Å². The minimum Gasteiger partial charge on any atom is -0.398 e. The average molecular weight is 253 g/mol. The first-order valence-electron chi connectivity index (χ1n) is 5.84. The monoisotopic (exact) mass is 252 g/mol. The summed E-state index contributed by atoms with van der Waals surface area (Å²) in [5.74, 6) is -0.179. The molecule has 92 valence electrons. The lowest BCUT2D eigenvalue weighted by Crippen LogP contribution is -2.40. The molecule has 0 bridgehead atoms. The molecule has 17 heavy (non-hydrogen) atoms. The van der Waals surface area contributed by atoms with Gasteiger partial charge in [-0.25, -0.2) is 0 Å². The molecule has 0 aliphatic heterocycles. The maximum absolute atomic E-state index is 12.0. The van der Waals surface area contributed by atoms with Gasteiger partial charge in [-0.15, -0.1) is 0 Å². The lowest BCUT2D eigenvalue weighted by molar-refractivity contribution is 0.0892. The summed E-state index contributed by atoms with van der Waals surface area (Å²) in [4.78, 5) is 12.0. The van der Waals surface area contributed by atoms with Crippen LogP contribution in [-0.2, 0) is 0 Å². The van der Waals surface area contributed by atoms with Gasteiger partial charge in [-0.05, 0) is 30.4 Å². The van der Waals surface area contributed by atoms with Crippen molar-refractivity contribution in [2.45, 2.75) is 26.2 Å². The summed E-state index contributed by atoms with van der Waals surface area (Å²) in [6.45, 7) is 2.88. The van der Waals surface area contributed by atoms with Gasteiger partial charge in [0.1, 0.15) is 0 Å². The van der Waals surface area contributed by atoms with E-state index in [1.165, 1.54) is 19.3 Å². The molecule has 0 atom stereocenters. The number of nitrogen functional groups attached to an aromatic ring is 1. The Hall–Kier alpha value is -1.22. The highest BCUT2D eigenvalue weighted by Gasteiger charge is 2.32. The lowest BCUT2D eigenvalue weighted by atomic mass is 9.70. The molecule has 0 aromatic heterocycles. The van der Waals surface area contributed by atoms with Gasteiger partial charge in [0.15, 0.2) is 0 Å². The van der Waals surface area contributed by atoms with Crippen molar-refractivity contribution in [2.75, 3.05) is 12.3 Å². The first-order valence-corrected chi connectivity index (χ1v) is 6.22. The number of anilines is 1. The fraction of sp³-hybridized carbons (Fsp3) is 0.462. The Balaban J connectivity index is 2.04. The van der Waals surface area contributed by atoms with Crippen molar-refractivity contribution in [2.24, 2.45) is 5.41 Å². The highest BCUT2D eigenvalue weighted by Crippen LogP contribution is 2.39. The first-order chi connectivity index (χ1) is 8.02. The van der Waals surface area contributed by atoms with Crippen LogP contribution in [0.5, 0.6) is 0 Å². The number of rotatable bonds is 3. The Morgan fingerprint density at radius 1 is 1.53 bits per heavy atom. The smallest absolute Gasteiger partial charge is 0.254 e. The molecule has 2 rings (SSSR count). The molecule has 0 saturated heterocycles. The molecule has 1 saturated carbocycles. The van der Waals surface area contributed by atoms with Crippen LogP contribution in [0.25, 0.3) is 0 Å². The molecule has 3 nitrogen and oxygen atoms in total. The highest BCUT2D eigenvalue weighted by molar-refractivity contribution is 6.34. The first kappa shape index (κ1) is 12.2. The number of hydrogen-bond donors (Lipinski definition) is 2. The van der Waals surface area contributed by atoms with E-state index in [0.29, 0.717) is 22.8 Å². The van der Waals surface area contributed by atoms with E-state index >= 15 is 0 Å². The van der Waals surface area contributed by atoms with Crippen molar-refractivity contribution in [3.63, 3.8) is 0 Å². The molecular formula is C13H17ClN2O. The van der Waals surface area contributed by atoms with Crippen LogP contribution in [0.2, 0.25) is 5.02 Å². The van der Waals surface area contributed by atoms with Gasteiger partial charge in [-0.2, -0.15) is 0 Å². The van der Waals surface area contributed by atoms with Crippen molar-refractivity contribution >= 4 is 23.2 Å². The summed E-state index contributed by atoms with van der Waals surface area (Å²) in [5, 5.41) is 3.32. The summed E-state index contributed by atoms with van der Waals surface area (Å²) >= 11 is 5.98. The van der Waals surface area contributed by atoms with Crippen LogP contribution >= 0.6 is 11.6 Å². The van der Waals surface area contributed by atoms with E-state index in [4.69, 9.17) is 17.3 Å². The van der Waals surface area contributed by atoms with E-state index in [1.807, 2.05) is 0 Å². The van der Waals surface area contributed by atoms with Crippen LogP contribution in [0.4, 0.5) is 5.69 Å². The third-order valence-corrected chi connectivity index (χ3v) is 3.82. The summed E-state index contributed by atoms with van der Waals surface area (Å²) in [6.07, 6.45) is 3.59. The molecule has 1 aromatic rings. The Kier molecular flexibility index (Phi) is 3.29. The number of hydrogen-bond acceptors (Lipinski definition) is 2. The standard InChI is InChI=1S/C13H17ClN2O/c1-13(6-3-7-13)8-16-12(17)11-9(14)4-2-5-10(11)15/h2,4-5H,3,6-8,15H2,1H3,(H,16,17). The molecule has 0 heterocycles. The van der Waals surface area contributed by atoms with Crippen molar-refractivity contribution in [3.05, 3.63) is 28.8 Å². The second kappa shape index (κ2) is 4.57. The van der Waals surface area contributed by atoms with E-state index in [1.54, 1.807) is 18.2 Å². The average Bonchev–Trinajstić information content (AvgIpc) is 2.23. The summed E-state index contributed by atoms with van der Waals surface area (Å²) in [6, 6.07) is 5.10. The zero-order chi connectivity index (χ0) is 12.5. The second-order valence-electron chi connectivity index (χ2n) is 5.05. The van der Waals surface area contributed by atoms with Crippen LogP contribution in [0.1, 0.15) is 36.5 Å². The van der Waals surface area contributed by atoms with Gasteiger partial charge in [0.25, 0.3) is 5.91 Å². The fourth-order valence-corrected chi connectivity index (χ4v) is 2.39. The van der Waals surface area contributed by atoms with Crippen LogP contribution in [0.3, 0.4) is 0 Å². The maximum Gasteiger partial charge on any atom is 0.254 e. The van der Waals surface area contributed by atoms with Crippen molar-refractivity contribution in [1.29, 1.82) is 0 Å². The van der Waals surface area contributed by atoms with E-state index in [9.17, 15) is 4.79 Å². The Morgan fingerprint density at radius 2 is 2.24 bits per heavy atom. The van der Waals surface area contributed by atoms with Gasteiger partial charge in [0.2, 0.25) is 0 Å². The minimum atomic E-state index is -0.179. The van der Waals surface area contributed by atoms with Crippen molar-refractivity contribution in [3.8, 4) is 0 Å². The van der Waals surface area contributed by atoms with E-state index in [2.05, 4.69) is 12.2 Å². The highest BCUT2D eigenvalue weighted by atomic mass is 35.5. The molecule has 0 unspecified atom stereocenters. The van der Waals surface area contributed by atoms with Gasteiger partial charge < -0.3 is 11.1 Å². The third kappa shape index (κ3) is 2.55. The third-order valence-electron chi connectivity index (χ3n) is 3.51. The SMILES string of the molecule is CC1(CNC(=O)c2c(N)cccc2Cl)CCC1. The van der Waals surface area contributed by atoms with Gasteiger partial charge in [-0.3, -0.25) is 4.79 Å². The minimum absolute atomic E-state index is 0.179. The van der Waals surface area contributed by atoms with Crippen LogP contribution < -0.4 is 11.1 Å². The molecule has 1 aromatic carbocycles. The zero-order valence-corrected chi connectivity index (χ0v) is 10.7. The number of benzene rings is 1. The van der Waals surface area contributed by atoms with Crippen molar-refractivity contribution in [1.82, 2.24) is 5.32 Å². The number of halogens is 1. The zero-order valence-electron chi connectivity index (χ0n) is 9.92. The van der Waals surface area contributed by atoms with Gasteiger partial charge in [0.05, 0.1) is 10.6 Å². The lowest BCUT2D eigenvalue weighted by Gasteiger charge is -2.38. The van der Waals surface area contributed by atoms with E-state index in [-0.39, 0.29) is 11.3 Å². The van der Waals surface area contributed by atoms with Gasteiger partial charge in [-0.1, -0.05) is 31.0 Å².